The van der Waals surface area contributed by atoms with Gasteiger partial charge >= 0.3 is 5.97 Å². The van der Waals surface area contributed by atoms with Crippen molar-refractivity contribution in [3.05, 3.63) is 0 Å². The third-order valence-electron chi connectivity index (χ3n) is 4.87. The molecular formula is C14H25NO5Si. The molecule has 7 heteroatoms. The number of carbonyl (C=O) groups excluding carboxylic acids is 2. The lowest BCUT2D eigenvalue weighted by Gasteiger charge is -2.59. The zero-order valence-electron chi connectivity index (χ0n) is 13.5. The van der Waals surface area contributed by atoms with E-state index in [9.17, 15) is 14.4 Å². The third kappa shape index (κ3) is 3.12. The van der Waals surface area contributed by atoms with Crippen LogP contribution in [0.3, 0.4) is 0 Å². The van der Waals surface area contributed by atoms with E-state index in [1.54, 1.807) is 11.5 Å². The molecule has 1 rings (SSSR count). The van der Waals surface area contributed by atoms with Crippen molar-refractivity contribution in [2.75, 3.05) is 0 Å². The molecule has 1 heterocycles. The standard InChI is InChI=1S/C14H25NO5Si/c1-9(20-8-16)12-10(7-11(17)18)15(13(12)19)21(5,6)14(2,3)4/h8-10,12H,7H2,1-6H3,(H,17,18). The van der Waals surface area contributed by atoms with E-state index in [0.29, 0.717) is 6.47 Å². The van der Waals surface area contributed by atoms with Gasteiger partial charge in [0, 0.05) is 6.04 Å². The Labute approximate surface area is 126 Å². The maximum absolute atomic E-state index is 12.5. The number of nitrogens with zero attached hydrogens (tertiary/aromatic N) is 1. The quantitative estimate of drug-likeness (QED) is 0.459. The maximum Gasteiger partial charge on any atom is 0.305 e. The van der Waals surface area contributed by atoms with Crippen LogP contribution in [0.25, 0.3) is 0 Å². The van der Waals surface area contributed by atoms with Crippen LogP contribution in [0, 0.1) is 5.92 Å². The summed E-state index contributed by atoms with van der Waals surface area (Å²) < 4.78 is 6.64. The van der Waals surface area contributed by atoms with Gasteiger partial charge in [-0.2, -0.15) is 0 Å². The molecule has 1 aliphatic heterocycles. The van der Waals surface area contributed by atoms with Crippen LogP contribution in [0.1, 0.15) is 34.1 Å². The fraction of sp³-hybridized carbons (Fsp3) is 0.786. The van der Waals surface area contributed by atoms with Gasteiger partial charge in [0.25, 0.3) is 6.47 Å². The predicted molar refractivity (Wildman–Crippen MR) is 80.2 cm³/mol. The number of hydrogen-bond donors (Lipinski definition) is 1. The second-order valence-electron chi connectivity index (χ2n) is 7.15. The number of β-lactam (4-membered cyclic amide) rings is 1. The summed E-state index contributed by atoms with van der Waals surface area (Å²) in [7, 11) is -2.15. The van der Waals surface area contributed by atoms with Crippen LogP contribution < -0.4 is 0 Å². The summed E-state index contributed by atoms with van der Waals surface area (Å²) in [6.45, 7) is 12.3. The van der Waals surface area contributed by atoms with E-state index >= 15 is 0 Å². The molecule has 0 spiro atoms. The minimum absolute atomic E-state index is 0.0703. The van der Waals surface area contributed by atoms with Gasteiger partial charge in [0.15, 0.2) is 8.24 Å². The number of amides is 1. The van der Waals surface area contributed by atoms with Crippen LogP contribution >= 0.6 is 0 Å². The first kappa shape index (κ1) is 17.7. The molecule has 1 N–H and O–H groups in total. The summed E-state index contributed by atoms with van der Waals surface area (Å²) in [6.07, 6.45) is -0.712. The van der Waals surface area contributed by atoms with Crippen LogP contribution in [0.15, 0.2) is 0 Å². The van der Waals surface area contributed by atoms with Crippen LogP contribution in [0.2, 0.25) is 18.1 Å². The molecule has 3 atom stereocenters. The molecule has 1 amide bonds. The highest BCUT2D eigenvalue weighted by atomic mass is 28.3. The summed E-state index contributed by atoms with van der Waals surface area (Å²) in [5.74, 6) is -1.60. The Kier molecular flexibility index (Phi) is 4.87. The molecule has 0 radical (unpaired) electrons. The molecule has 0 aromatic heterocycles. The third-order valence-corrected chi connectivity index (χ3v) is 10.3. The Hall–Kier alpha value is -1.37. The number of ether oxygens (including phenoxy) is 1. The molecule has 0 aliphatic carbocycles. The first-order valence-electron chi connectivity index (χ1n) is 7.09. The van der Waals surface area contributed by atoms with Gasteiger partial charge < -0.3 is 14.4 Å². The minimum atomic E-state index is -2.15. The molecule has 6 nitrogen and oxygen atoms in total. The summed E-state index contributed by atoms with van der Waals surface area (Å²) in [5.41, 5.74) is 0. The number of rotatable bonds is 6. The van der Waals surface area contributed by atoms with Crippen molar-refractivity contribution in [2.24, 2.45) is 5.92 Å². The lowest BCUT2D eigenvalue weighted by Crippen LogP contribution is -2.74. The first-order valence-corrected chi connectivity index (χ1v) is 10.0. The van der Waals surface area contributed by atoms with E-state index in [4.69, 9.17) is 9.84 Å². The molecule has 120 valence electrons. The van der Waals surface area contributed by atoms with E-state index < -0.39 is 32.3 Å². The van der Waals surface area contributed by atoms with E-state index in [1.165, 1.54) is 0 Å². The molecule has 21 heavy (non-hydrogen) atoms. The van der Waals surface area contributed by atoms with E-state index in [2.05, 4.69) is 33.9 Å². The number of carboxylic acids is 1. The van der Waals surface area contributed by atoms with Crippen LogP contribution in [0.4, 0.5) is 0 Å². The van der Waals surface area contributed by atoms with E-state index in [-0.39, 0.29) is 17.4 Å². The smallest absolute Gasteiger partial charge is 0.305 e. The highest BCUT2D eigenvalue weighted by Gasteiger charge is 2.59. The van der Waals surface area contributed by atoms with Crippen molar-refractivity contribution in [3.8, 4) is 0 Å². The van der Waals surface area contributed by atoms with E-state index in [1.807, 2.05) is 0 Å². The predicted octanol–water partition coefficient (Wildman–Crippen LogP) is 1.85. The van der Waals surface area contributed by atoms with Gasteiger partial charge in [-0.05, 0) is 12.0 Å². The van der Waals surface area contributed by atoms with Crippen LogP contribution in [-0.2, 0) is 19.1 Å². The molecule has 1 fully saturated rings. The molecule has 0 bridgehead atoms. The second kappa shape index (κ2) is 5.79. The number of carboxylic acid groups (broad SMARTS) is 1. The van der Waals surface area contributed by atoms with Gasteiger partial charge in [0.05, 0.1) is 12.3 Å². The fourth-order valence-electron chi connectivity index (χ4n) is 2.70. The average Bonchev–Trinajstić information content (AvgIpc) is 2.25. The van der Waals surface area contributed by atoms with Crippen LogP contribution in [-0.4, -0.2) is 48.4 Å². The second-order valence-corrected chi connectivity index (χ2v) is 12.2. The first-order chi connectivity index (χ1) is 9.45. The molecule has 1 saturated heterocycles. The maximum atomic E-state index is 12.5. The van der Waals surface area contributed by atoms with Crippen molar-refractivity contribution < 1.29 is 24.2 Å². The summed E-state index contributed by atoms with van der Waals surface area (Å²) in [6, 6.07) is -0.397. The topological polar surface area (TPSA) is 83.9 Å². The van der Waals surface area contributed by atoms with Gasteiger partial charge in [0.1, 0.15) is 6.10 Å². The largest absolute Gasteiger partial charge is 0.481 e. The van der Waals surface area contributed by atoms with Crippen molar-refractivity contribution >= 4 is 26.6 Å². The monoisotopic (exact) mass is 315 g/mol. The summed E-state index contributed by atoms with van der Waals surface area (Å²) in [4.78, 5) is 34.1. The Morgan fingerprint density at radius 3 is 2.38 bits per heavy atom. The summed E-state index contributed by atoms with van der Waals surface area (Å²) >= 11 is 0. The van der Waals surface area contributed by atoms with Gasteiger partial charge in [-0.25, -0.2) is 0 Å². The SMILES string of the molecule is CC(OC=O)C1C(=O)N([Si](C)(C)C(C)(C)C)C1CC(=O)O. The van der Waals surface area contributed by atoms with Crippen molar-refractivity contribution in [1.29, 1.82) is 0 Å². The Balaban J connectivity index is 3.08. The lowest BCUT2D eigenvalue weighted by atomic mass is 9.84. The van der Waals surface area contributed by atoms with Crippen molar-refractivity contribution in [3.63, 3.8) is 0 Å². The molecule has 3 unspecified atom stereocenters. The highest BCUT2D eigenvalue weighted by Crippen LogP contribution is 2.46. The molecule has 0 saturated carbocycles. The van der Waals surface area contributed by atoms with Crippen molar-refractivity contribution in [1.82, 2.24) is 4.57 Å². The van der Waals surface area contributed by atoms with E-state index in [0.717, 1.165) is 0 Å². The van der Waals surface area contributed by atoms with Gasteiger partial charge in [-0.15, -0.1) is 0 Å². The molecule has 0 aromatic carbocycles. The Morgan fingerprint density at radius 1 is 1.48 bits per heavy atom. The molecule has 0 aromatic rings. The number of aliphatic carboxylic acids is 1. The number of carbonyl (C=O) groups is 3. The molecular weight excluding hydrogens is 290 g/mol. The average molecular weight is 315 g/mol. The normalized spacial score (nSPS) is 24.3. The highest BCUT2D eigenvalue weighted by molar-refractivity contribution is 6.80. The molecule has 1 aliphatic rings. The zero-order chi connectivity index (χ0) is 16.6. The zero-order valence-corrected chi connectivity index (χ0v) is 14.5. The summed E-state index contributed by atoms with van der Waals surface area (Å²) in [5, 5.41) is 9.05. The minimum Gasteiger partial charge on any atom is -0.481 e. The lowest BCUT2D eigenvalue weighted by molar-refractivity contribution is -0.163. The fourth-order valence-corrected chi connectivity index (χ4v) is 5.21. The Bertz CT molecular complexity index is 443. The van der Waals surface area contributed by atoms with Gasteiger partial charge in [0.2, 0.25) is 5.91 Å². The van der Waals surface area contributed by atoms with Gasteiger partial charge in [-0.3, -0.25) is 14.4 Å². The van der Waals surface area contributed by atoms with Crippen LogP contribution in [0.5, 0.6) is 0 Å². The Morgan fingerprint density at radius 2 is 2.00 bits per heavy atom. The van der Waals surface area contributed by atoms with Crippen molar-refractivity contribution in [2.45, 2.75) is 64.4 Å². The van der Waals surface area contributed by atoms with Gasteiger partial charge in [-0.1, -0.05) is 33.9 Å². The number of hydrogen-bond acceptors (Lipinski definition) is 4.